The van der Waals surface area contributed by atoms with E-state index in [4.69, 9.17) is 4.74 Å². The fourth-order valence-electron chi connectivity index (χ4n) is 2.89. The largest absolute Gasteiger partial charge is 0.372 e. The number of ether oxygens (including phenoxy) is 1. The van der Waals surface area contributed by atoms with Crippen molar-refractivity contribution in [1.29, 1.82) is 0 Å². The molecular weight excluding hydrogens is 292 g/mol. The number of nitrogens with one attached hydrogen (secondary N) is 1. The molecule has 1 unspecified atom stereocenters. The minimum Gasteiger partial charge on any atom is -0.372 e. The second-order valence-corrected chi connectivity index (χ2v) is 5.75. The van der Waals surface area contributed by atoms with E-state index in [-0.39, 0.29) is 6.10 Å². The summed E-state index contributed by atoms with van der Waals surface area (Å²) in [4.78, 5) is 11.2. The number of hydrogen-bond donors (Lipinski definition) is 1. The lowest BCUT2D eigenvalue weighted by Gasteiger charge is -2.32. The lowest BCUT2D eigenvalue weighted by Crippen LogP contribution is -2.38. The molecule has 0 radical (unpaired) electrons. The molecule has 1 aliphatic heterocycles. The number of morpholine rings is 1. The monoisotopic (exact) mass is 316 g/mol. The SMILES string of the molecule is CCCn1cc(CN2CCOC(c3nccnc3NC)C2)cn1. The summed E-state index contributed by atoms with van der Waals surface area (Å²) in [6, 6.07) is 0. The molecule has 2 aromatic heterocycles. The zero-order valence-electron chi connectivity index (χ0n) is 13.8. The molecule has 3 heterocycles. The van der Waals surface area contributed by atoms with Crippen LogP contribution in [0, 0.1) is 0 Å². The average molecular weight is 316 g/mol. The smallest absolute Gasteiger partial charge is 0.150 e. The van der Waals surface area contributed by atoms with Crippen LogP contribution in [0.3, 0.4) is 0 Å². The summed E-state index contributed by atoms with van der Waals surface area (Å²) in [5, 5.41) is 7.49. The van der Waals surface area contributed by atoms with Gasteiger partial charge in [-0.2, -0.15) is 5.10 Å². The number of rotatable bonds is 6. The second kappa shape index (κ2) is 7.52. The Morgan fingerprint density at radius 3 is 3.04 bits per heavy atom. The molecule has 0 amide bonds. The van der Waals surface area contributed by atoms with E-state index in [0.717, 1.165) is 44.1 Å². The van der Waals surface area contributed by atoms with E-state index in [2.05, 4.69) is 38.4 Å². The molecule has 0 bridgehead atoms. The van der Waals surface area contributed by atoms with E-state index >= 15 is 0 Å². The van der Waals surface area contributed by atoms with Crippen LogP contribution in [0.4, 0.5) is 5.82 Å². The van der Waals surface area contributed by atoms with Crippen molar-refractivity contribution in [3.8, 4) is 0 Å². The highest BCUT2D eigenvalue weighted by molar-refractivity contribution is 5.40. The lowest BCUT2D eigenvalue weighted by molar-refractivity contribution is -0.0347. The van der Waals surface area contributed by atoms with E-state index in [1.807, 2.05) is 17.9 Å². The van der Waals surface area contributed by atoms with E-state index < -0.39 is 0 Å². The Bertz CT molecular complexity index is 629. The van der Waals surface area contributed by atoms with Gasteiger partial charge in [-0.05, 0) is 6.42 Å². The van der Waals surface area contributed by atoms with Crippen LogP contribution in [0.15, 0.2) is 24.8 Å². The standard InChI is InChI=1S/C16H24N6O/c1-3-6-22-11-13(9-20-22)10-21-7-8-23-14(12-21)15-16(17-2)19-5-4-18-15/h4-5,9,11,14H,3,6-8,10,12H2,1-2H3,(H,17,19). The second-order valence-electron chi connectivity index (χ2n) is 5.75. The molecule has 1 fully saturated rings. The van der Waals surface area contributed by atoms with Gasteiger partial charge in [0.15, 0.2) is 0 Å². The first-order valence-electron chi connectivity index (χ1n) is 8.14. The van der Waals surface area contributed by atoms with Crippen molar-refractivity contribution < 1.29 is 4.74 Å². The first-order valence-corrected chi connectivity index (χ1v) is 8.14. The summed E-state index contributed by atoms with van der Waals surface area (Å²) in [5.41, 5.74) is 2.12. The Morgan fingerprint density at radius 1 is 1.35 bits per heavy atom. The summed E-state index contributed by atoms with van der Waals surface area (Å²) in [6.07, 6.45) is 8.55. The van der Waals surface area contributed by atoms with Crippen LogP contribution in [-0.4, -0.2) is 51.4 Å². The normalized spacial score (nSPS) is 19.0. The van der Waals surface area contributed by atoms with Gasteiger partial charge in [0.05, 0.1) is 12.8 Å². The zero-order valence-corrected chi connectivity index (χ0v) is 13.8. The highest BCUT2D eigenvalue weighted by Crippen LogP contribution is 2.25. The highest BCUT2D eigenvalue weighted by Gasteiger charge is 2.25. The number of aryl methyl sites for hydroxylation is 1. The van der Waals surface area contributed by atoms with Gasteiger partial charge < -0.3 is 10.1 Å². The maximum absolute atomic E-state index is 5.91. The van der Waals surface area contributed by atoms with Crippen LogP contribution in [0.1, 0.15) is 30.7 Å². The van der Waals surface area contributed by atoms with Crippen molar-refractivity contribution in [2.45, 2.75) is 32.5 Å². The van der Waals surface area contributed by atoms with Gasteiger partial charge in [0.1, 0.15) is 17.6 Å². The third kappa shape index (κ3) is 3.86. The van der Waals surface area contributed by atoms with E-state index in [1.54, 1.807) is 12.4 Å². The average Bonchev–Trinajstić information content (AvgIpc) is 3.02. The molecule has 0 aromatic carbocycles. The first kappa shape index (κ1) is 15.9. The summed E-state index contributed by atoms with van der Waals surface area (Å²) in [5.74, 6) is 0.787. The fraction of sp³-hybridized carbons (Fsp3) is 0.562. The minimum absolute atomic E-state index is 0.0504. The lowest BCUT2D eigenvalue weighted by atomic mass is 10.2. The van der Waals surface area contributed by atoms with Gasteiger partial charge >= 0.3 is 0 Å². The summed E-state index contributed by atoms with van der Waals surface area (Å²) in [6.45, 7) is 6.45. The van der Waals surface area contributed by atoms with Crippen molar-refractivity contribution in [2.24, 2.45) is 0 Å². The Labute approximate surface area is 136 Å². The molecule has 1 N–H and O–H groups in total. The molecule has 7 heteroatoms. The van der Waals surface area contributed by atoms with Crippen LogP contribution in [0.25, 0.3) is 0 Å². The fourth-order valence-corrected chi connectivity index (χ4v) is 2.89. The number of aromatic nitrogens is 4. The van der Waals surface area contributed by atoms with E-state index in [9.17, 15) is 0 Å². The molecule has 1 atom stereocenters. The van der Waals surface area contributed by atoms with E-state index in [1.165, 1.54) is 5.56 Å². The first-order chi connectivity index (χ1) is 11.3. The maximum Gasteiger partial charge on any atom is 0.150 e. The minimum atomic E-state index is -0.0504. The molecule has 7 nitrogen and oxygen atoms in total. The van der Waals surface area contributed by atoms with Crippen molar-refractivity contribution in [2.75, 3.05) is 32.1 Å². The third-order valence-electron chi connectivity index (χ3n) is 3.96. The molecule has 124 valence electrons. The van der Waals surface area contributed by atoms with Gasteiger partial charge in [0.25, 0.3) is 0 Å². The summed E-state index contributed by atoms with van der Waals surface area (Å²) in [7, 11) is 1.86. The predicted molar refractivity (Wildman–Crippen MR) is 88.1 cm³/mol. The summed E-state index contributed by atoms with van der Waals surface area (Å²) < 4.78 is 7.92. The van der Waals surface area contributed by atoms with Gasteiger partial charge in [-0.3, -0.25) is 14.6 Å². The Morgan fingerprint density at radius 2 is 2.22 bits per heavy atom. The molecule has 0 spiro atoms. The van der Waals surface area contributed by atoms with Crippen molar-refractivity contribution in [3.63, 3.8) is 0 Å². The van der Waals surface area contributed by atoms with Crippen LogP contribution in [0.5, 0.6) is 0 Å². The quantitative estimate of drug-likeness (QED) is 0.875. The Kier molecular flexibility index (Phi) is 5.19. The van der Waals surface area contributed by atoms with Gasteiger partial charge in [-0.15, -0.1) is 0 Å². The predicted octanol–water partition coefficient (Wildman–Crippen LogP) is 1.70. The van der Waals surface area contributed by atoms with Crippen LogP contribution in [-0.2, 0) is 17.8 Å². The van der Waals surface area contributed by atoms with Crippen molar-refractivity contribution in [3.05, 3.63) is 36.0 Å². The number of nitrogens with zero attached hydrogens (tertiary/aromatic N) is 5. The molecule has 23 heavy (non-hydrogen) atoms. The molecule has 0 saturated carbocycles. The molecule has 0 aliphatic carbocycles. The van der Waals surface area contributed by atoms with Gasteiger partial charge in [-0.1, -0.05) is 6.92 Å². The van der Waals surface area contributed by atoms with Crippen LogP contribution >= 0.6 is 0 Å². The number of anilines is 1. The Hall–Kier alpha value is -1.99. The van der Waals surface area contributed by atoms with Gasteiger partial charge in [0, 0.05) is 57.4 Å². The number of hydrogen-bond acceptors (Lipinski definition) is 6. The van der Waals surface area contributed by atoms with Gasteiger partial charge in [0.2, 0.25) is 0 Å². The van der Waals surface area contributed by atoms with Gasteiger partial charge in [-0.25, -0.2) is 4.98 Å². The topological polar surface area (TPSA) is 68.1 Å². The van der Waals surface area contributed by atoms with E-state index in [0.29, 0.717) is 6.61 Å². The molecule has 1 saturated heterocycles. The third-order valence-corrected chi connectivity index (χ3v) is 3.96. The molecule has 3 rings (SSSR count). The molecule has 2 aromatic rings. The molecule has 1 aliphatic rings. The van der Waals surface area contributed by atoms with Crippen molar-refractivity contribution >= 4 is 5.82 Å². The van der Waals surface area contributed by atoms with Crippen LogP contribution in [0.2, 0.25) is 0 Å². The van der Waals surface area contributed by atoms with Crippen LogP contribution < -0.4 is 5.32 Å². The Balaban J connectivity index is 1.65. The maximum atomic E-state index is 5.91. The zero-order chi connectivity index (χ0) is 16.1. The summed E-state index contributed by atoms with van der Waals surface area (Å²) >= 11 is 0. The molecular formula is C16H24N6O. The highest BCUT2D eigenvalue weighted by atomic mass is 16.5. The van der Waals surface area contributed by atoms with Crippen molar-refractivity contribution in [1.82, 2.24) is 24.6 Å².